The number of carboxylic acids is 2. The van der Waals surface area contributed by atoms with Crippen molar-refractivity contribution in [3.05, 3.63) is 12.2 Å². The first-order valence-corrected chi connectivity index (χ1v) is 5.01. The van der Waals surface area contributed by atoms with Crippen LogP contribution in [0.3, 0.4) is 0 Å². The summed E-state index contributed by atoms with van der Waals surface area (Å²) in [5.41, 5.74) is 3.53. The Labute approximate surface area is 110 Å². The maximum atomic E-state index is 10.9. The molecule has 0 heterocycles. The van der Waals surface area contributed by atoms with Crippen molar-refractivity contribution >= 4 is 17.8 Å². The molecular weight excluding hydrogens is 289 g/mol. The van der Waals surface area contributed by atoms with Gasteiger partial charge in [0.1, 0.15) is 5.97 Å². The van der Waals surface area contributed by atoms with E-state index in [1.807, 2.05) is 0 Å². The van der Waals surface area contributed by atoms with Gasteiger partial charge in [0, 0.05) is 18.6 Å². The molecule has 0 aromatic heterocycles. The topological polar surface area (TPSA) is 146 Å². The summed E-state index contributed by atoms with van der Waals surface area (Å²) < 4.78 is 31.5. The molecule has 0 saturated heterocycles. The summed E-state index contributed by atoms with van der Waals surface area (Å²) in [5, 5.41) is 26.4. The number of hydrogen-bond donors (Lipinski definition) is 3. The van der Waals surface area contributed by atoms with Gasteiger partial charge in [-0.05, 0) is 0 Å². The van der Waals surface area contributed by atoms with E-state index in [9.17, 15) is 22.8 Å². The van der Waals surface area contributed by atoms with Gasteiger partial charge in [-0.2, -0.15) is 13.2 Å². The molecule has 11 heteroatoms. The molecule has 0 saturated carbocycles. The molecule has 0 aliphatic rings. The number of quaternary nitrogens is 1. The van der Waals surface area contributed by atoms with Crippen LogP contribution in [0.5, 0.6) is 0 Å². The van der Waals surface area contributed by atoms with Gasteiger partial charge in [-0.15, -0.1) is 0 Å². The Bertz CT molecular complexity index is 369. The summed E-state index contributed by atoms with van der Waals surface area (Å²) in [6, 6.07) is 0. The molecular formula is C9H13F3N2O6. The highest BCUT2D eigenvalue weighted by atomic mass is 19.4. The third-order valence-electron chi connectivity index (χ3n) is 1.47. The molecule has 0 atom stereocenters. The molecule has 0 bridgehead atoms. The molecule has 0 aromatic rings. The number of nitrogens with zero attached hydrogens (tertiary/aromatic N) is 1. The number of carboxylic acid groups (broad SMARTS) is 2. The van der Waals surface area contributed by atoms with Gasteiger partial charge in [-0.25, -0.2) is 9.86 Å². The quantitative estimate of drug-likeness (QED) is 0.298. The van der Waals surface area contributed by atoms with E-state index in [4.69, 9.17) is 20.2 Å². The highest BCUT2D eigenvalue weighted by Gasteiger charge is 2.28. The smallest absolute Gasteiger partial charge is 0.430 e. The minimum Gasteiger partial charge on any atom is -0.542 e. The first-order valence-electron chi connectivity index (χ1n) is 5.01. The number of aliphatic carboxylic acids is 2. The summed E-state index contributed by atoms with van der Waals surface area (Å²) >= 11 is 0. The predicted molar refractivity (Wildman–Crippen MR) is 53.7 cm³/mol. The zero-order chi connectivity index (χ0) is 16.3. The molecule has 20 heavy (non-hydrogen) atoms. The van der Waals surface area contributed by atoms with E-state index in [2.05, 4.69) is 5.73 Å². The van der Waals surface area contributed by atoms with Crippen molar-refractivity contribution in [3.63, 3.8) is 0 Å². The Morgan fingerprint density at radius 2 is 1.70 bits per heavy atom. The van der Waals surface area contributed by atoms with Crippen molar-refractivity contribution in [1.82, 2.24) is 5.06 Å². The molecule has 0 rings (SSSR count). The average Bonchev–Trinajstić information content (AvgIpc) is 2.32. The Morgan fingerprint density at radius 1 is 1.25 bits per heavy atom. The first-order chi connectivity index (χ1) is 9.02. The van der Waals surface area contributed by atoms with Crippen molar-refractivity contribution in [2.75, 3.05) is 13.1 Å². The van der Waals surface area contributed by atoms with Gasteiger partial charge in [0.15, 0.2) is 0 Å². The summed E-state index contributed by atoms with van der Waals surface area (Å²) in [4.78, 5) is 29.6. The normalized spacial score (nSPS) is 10.7. The molecule has 0 radical (unpaired) electrons. The molecule has 0 aromatic carbocycles. The van der Waals surface area contributed by atoms with Crippen LogP contribution in [0, 0.1) is 0 Å². The number of carbonyl (C=O) groups excluding carboxylic acids is 2. The largest absolute Gasteiger partial charge is 0.542 e. The number of halogens is 3. The average molecular weight is 302 g/mol. The van der Waals surface area contributed by atoms with Crippen molar-refractivity contribution in [2.24, 2.45) is 0 Å². The van der Waals surface area contributed by atoms with Gasteiger partial charge in [0.25, 0.3) is 5.91 Å². The number of rotatable bonds is 5. The van der Waals surface area contributed by atoms with Crippen molar-refractivity contribution in [2.45, 2.75) is 12.6 Å². The third-order valence-corrected chi connectivity index (χ3v) is 1.47. The van der Waals surface area contributed by atoms with Crippen LogP contribution in [0.15, 0.2) is 12.2 Å². The fourth-order valence-corrected chi connectivity index (χ4v) is 0.600. The number of amides is 1. The van der Waals surface area contributed by atoms with Gasteiger partial charge in [-0.3, -0.25) is 10.0 Å². The number of hydrogen-bond acceptors (Lipinski definition) is 5. The zero-order valence-electron chi connectivity index (χ0n) is 10.1. The number of alkyl halides is 3. The van der Waals surface area contributed by atoms with Crippen LogP contribution < -0.4 is 10.8 Å². The van der Waals surface area contributed by atoms with Gasteiger partial charge in [-0.1, -0.05) is 0 Å². The summed E-state index contributed by atoms with van der Waals surface area (Å²) in [6.45, 7) is 0.763. The van der Waals surface area contributed by atoms with Gasteiger partial charge < -0.3 is 20.7 Å². The van der Waals surface area contributed by atoms with Gasteiger partial charge in [0.05, 0.1) is 13.1 Å². The Hall–Kier alpha value is -2.14. The molecule has 116 valence electrons. The van der Waals surface area contributed by atoms with Gasteiger partial charge >= 0.3 is 12.1 Å². The van der Waals surface area contributed by atoms with Crippen LogP contribution in [-0.2, 0) is 14.4 Å². The molecule has 0 unspecified atom stereocenters. The second-order valence-electron chi connectivity index (χ2n) is 3.13. The zero-order valence-corrected chi connectivity index (χ0v) is 10.1. The summed E-state index contributed by atoms with van der Waals surface area (Å²) in [7, 11) is 0. The first kappa shape index (κ1) is 20.2. The molecule has 0 aliphatic carbocycles. The van der Waals surface area contributed by atoms with E-state index in [1.165, 1.54) is 0 Å². The highest BCUT2D eigenvalue weighted by Crippen LogP contribution is 2.11. The molecule has 8 nitrogen and oxygen atoms in total. The third kappa shape index (κ3) is 12.3. The lowest BCUT2D eigenvalue weighted by atomic mass is 10.4. The fraction of sp³-hybridized carbons (Fsp3) is 0.444. The lowest BCUT2D eigenvalue weighted by Crippen LogP contribution is -2.51. The summed E-state index contributed by atoms with van der Waals surface area (Å²) in [5.74, 6) is -4.97. The second kappa shape index (κ2) is 9.75. The van der Waals surface area contributed by atoms with Crippen LogP contribution in [0.2, 0.25) is 0 Å². The monoisotopic (exact) mass is 302 g/mol. The van der Waals surface area contributed by atoms with Crippen LogP contribution in [0.25, 0.3) is 0 Å². The van der Waals surface area contributed by atoms with E-state index in [1.54, 1.807) is 0 Å². The Balaban J connectivity index is 0. The van der Waals surface area contributed by atoms with Crippen LogP contribution in [-0.4, -0.2) is 52.5 Å². The molecule has 0 spiro atoms. The molecule has 1 amide bonds. The van der Waals surface area contributed by atoms with Crippen LogP contribution >= 0.6 is 0 Å². The minimum absolute atomic E-state index is 0.159. The fourth-order valence-electron chi connectivity index (χ4n) is 0.600. The van der Waals surface area contributed by atoms with Crippen LogP contribution in [0.1, 0.15) is 6.42 Å². The van der Waals surface area contributed by atoms with E-state index < -0.39 is 24.0 Å². The maximum Gasteiger partial charge on any atom is 0.430 e. The predicted octanol–water partition coefficient (Wildman–Crippen LogP) is -2.22. The van der Waals surface area contributed by atoms with Crippen molar-refractivity contribution < 1.29 is 48.7 Å². The SMILES string of the molecule is O=C([O-])C(F)(F)F.[NH3+]CCCN(O)C(=O)/C=C/C(=O)O. The van der Waals surface area contributed by atoms with E-state index in [-0.39, 0.29) is 6.54 Å². The van der Waals surface area contributed by atoms with E-state index in [0.29, 0.717) is 24.1 Å². The van der Waals surface area contributed by atoms with Crippen LogP contribution in [0.4, 0.5) is 13.2 Å². The van der Waals surface area contributed by atoms with E-state index >= 15 is 0 Å². The van der Waals surface area contributed by atoms with Crippen molar-refractivity contribution in [3.8, 4) is 0 Å². The maximum absolute atomic E-state index is 10.9. The second-order valence-corrected chi connectivity index (χ2v) is 3.13. The Kier molecular flexibility index (Phi) is 9.84. The molecule has 0 aliphatic heterocycles. The highest BCUT2D eigenvalue weighted by molar-refractivity contribution is 5.93. The summed E-state index contributed by atoms with van der Waals surface area (Å²) in [6.07, 6.45) is -3.15. The number of hydroxylamine groups is 2. The standard InChI is InChI=1S/C7H12N2O4.C2HF3O2/c8-4-1-5-9(13)6(10)2-3-7(11)12;3-2(4,5)1(6)7/h2-3,13H,1,4-5,8H2,(H,11,12);(H,6,7)/b3-2+;. The Morgan fingerprint density at radius 3 is 2.00 bits per heavy atom. The minimum atomic E-state index is -5.19. The lowest BCUT2D eigenvalue weighted by Gasteiger charge is -2.10. The molecule has 5 N–H and O–H groups in total. The lowest BCUT2D eigenvalue weighted by molar-refractivity contribution is -0.369. The van der Waals surface area contributed by atoms with E-state index in [0.717, 1.165) is 6.08 Å². The molecule has 0 fully saturated rings. The van der Waals surface area contributed by atoms with Crippen molar-refractivity contribution in [1.29, 1.82) is 0 Å². The van der Waals surface area contributed by atoms with Gasteiger partial charge in [0.2, 0.25) is 0 Å². The number of carbonyl (C=O) groups is 3.